The van der Waals surface area contributed by atoms with E-state index in [1.54, 1.807) is 19.2 Å². The fourth-order valence-corrected chi connectivity index (χ4v) is 2.57. The summed E-state index contributed by atoms with van der Waals surface area (Å²) in [5.41, 5.74) is 2.35. The molecule has 0 saturated heterocycles. The average molecular weight is 383 g/mol. The number of amides is 1. The first-order valence-electron chi connectivity index (χ1n) is 8.36. The van der Waals surface area contributed by atoms with Crippen LogP contribution in [0.25, 0.3) is 0 Å². The monoisotopic (exact) mass is 382 g/mol. The Balaban J connectivity index is 1.54. The number of hydrogen-bond donors (Lipinski definition) is 2. The van der Waals surface area contributed by atoms with Crippen molar-refractivity contribution in [2.75, 3.05) is 12.4 Å². The van der Waals surface area contributed by atoms with Crippen LogP contribution >= 0.6 is 11.6 Å². The molecule has 1 heterocycles. The smallest absolute Gasteiger partial charge is 0.254 e. The SMILES string of the molecule is COc1ccccc1CNc1ncc(C(=O)NCc2ccc(Cl)cc2)cn1. The number of aromatic nitrogens is 2. The second-order valence-corrected chi connectivity index (χ2v) is 6.21. The third kappa shape index (κ3) is 5.18. The Bertz CT molecular complexity index is 899. The van der Waals surface area contributed by atoms with Gasteiger partial charge in [0, 0.05) is 36.1 Å². The molecule has 0 radical (unpaired) electrons. The van der Waals surface area contributed by atoms with E-state index in [4.69, 9.17) is 16.3 Å². The maximum Gasteiger partial charge on any atom is 0.254 e. The number of ether oxygens (including phenoxy) is 1. The highest BCUT2D eigenvalue weighted by molar-refractivity contribution is 6.30. The molecule has 0 fully saturated rings. The number of rotatable bonds is 7. The first-order valence-corrected chi connectivity index (χ1v) is 8.74. The number of nitrogens with one attached hydrogen (secondary N) is 2. The van der Waals surface area contributed by atoms with E-state index in [0.717, 1.165) is 16.9 Å². The lowest BCUT2D eigenvalue weighted by Gasteiger charge is -2.09. The van der Waals surface area contributed by atoms with Crippen LogP contribution in [0.2, 0.25) is 5.02 Å². The summed E-state index contributed by atoms with van der Waals surface area (Å²) in [6, 6.07) is 15.0. The predicted octanol–water partition coefficient (Wildman–Crippen LogP) is 3.68. The van der Waals surface area contributed by atoms with Crippen molar-refractivity contribution in [1.82, 2.24) is 15.3 Å². The summed E-state index contributed by atoms with van der Waals surface area (Å²) in [7, 11) is 1.63. The van der Waals surface area contributed by atoms with Gasteiger partial charge in [0.05, 0.1) is 12.7 Å². The Morgan fingerprint density at radius 2 is 1.74 bits per heavy atom. The van der Waals surface area contributed by atoms with Gasteiger partial charge in [-0.2, -0.15) is 0 Å². The summed E-state index contributed by atoms with van der Waals surface area (Å²) < 4.78 is 5.31. The molecule has 0 aliphatic carbocycles. The maximum atomic E-state index is 12.2. The van der Waals surface area contributed by atoms with E-state index < -0.39 is 0 Å². The predicted molar refractivity (Wildman–Crippen MR) is 105 cm³/mol. The highest BCUT2D eigenvalue weighted by Gasteiger charge is 2.08. The van der Waals surface area contributed by atoms with Gasteiger partial charge in [-0.3, -0.25) is 4.79 Å². The van der Waals surface area contributed by atoms with Gasteiger partial charge in [0.25, 0.3) is 5.91 Å². The Labute approximate surface area is 162 Å². The Morgan fingerprint density at radius 1 is 1.04 bits per heavy atom. The number of benzene rings is 2. The minimum atomic E-state index is -0.235. The summed E-state index contributed by atoms with van der Waals surface area (Å²) in [6.45, 7) is 0.927. The average Bonchev–Trinajstić information content (AvgIpc) is 2.72. The number of methoxy groups -OCH3 is 1. The normalized spacial score (nSPS) is 10.3. The fourth-order valence-electron chi connectivity index (χ4n) is 2.45. The molecule has 27 heavy (non-hydrogen) atoms. The van der Waals surface area contributed by atoms with Crippen molar-refractivity contribution >= 4 is 23.5 Å². The van der Waals surface area contributed by atoms with Gasteiger partial charge in [-0.25, -0.2) is 9.97 Å². The standard InChI is InChI=1S/C20H19ClN4O2/c1-27-18-5-3-2-4-15(18)11-23-20-24-12-16(13-25-20)19(26)22-10-14-6-8-17(21)9-7-14/h2-9,12-13H,10-11H2,1H3,(H,22,26)(H,23,24,25). The molecule has 0 unspecified atom stereocenters. The number of carbonyl (C=O) groups is 1. The Kier molecular flexibility index (Phi) is 6.22. The minimum absolute atomic E-state index is 0.235. The van der Waals surface area contributed by atoms with Gasteiger partial charge in [-0.1, -0.05) is 41.9 Å². The summed E-state index contributed by atoms with van der Waals surface area (Å²) in [4.78, 5) is 20.6. The summed E-state index contributed by atoms with van der Waals surface area (Å²) in [5, 5.41) is 6.61. The van der Waals surface area contributed by atoms with Gasteiger partial charge in [0.1, 0.15) is 5.75 Å². The van der Waals surface area contributed by atoms with E-state index in [1.807, 2.05) is 36.4 Å². The van der Waals surface area contributed by atoms with E-state index in [2.05, 4.69) is 20.6 Å². The van der Waals surface area contributed by atoms with Crippen LogP contribution in [0.1, 0.15) is 21.5 Å². The first-order chi connectivity index (χ1) is 13.2. The van der Waals surface area contributed by atoms with Gasteiger partial charge >= 0.3 is 0 Å². The van der Waals surface area contributed by atoms with Crippen LogP contribution in [-0.4, -0.2) is 23.0 Å². The summed E-state index contributed by atoms with van der Waals surface area (Å²) >= 11 is 5.85. The van der Waals surface area contributed by atoms with Gasteiger partial charge in [0.2, 0.25) is 5.95 Å². The lowest BCUT2D eigenvalue weighted by Crippen LogP contribution is -2.23. The molecule has 3 aromatic rings. The van der Waals surface area contributed by atoms with Crippen molar-refractivity contribution in [2.24, 2.45) is 0 Å². The van der Waals surface area contributed by atoms with Gasteiger partial charge in [0.15, 0.2) is 0 Å². The fraction of sp³-hybridized carbons (Fsp3) is 0.150. The third-order valence-electron chi connectivity index (χ3n) is 3.91. The topological polar surface area (TPSA) is 76.1 Å². The van der Waals surface area contributed by atoms with Gasteiger partial charge in [-0.15, -0.1) is 0 Å². The highest BCUT2D eigenvalue weighted by atomic mass is 35.5. The van der Waals surface area contributed by atoms with Gasteiger partial charge in [-0.05, 0) is 23.8 Å². The van der Waals surface area contributed by atoms with Crippen LogP contribution in [0.5, 0.6) is 5.75 Å². The van der Waals surface area contributed by atoms with Crippen LogP contribution in [-0.2, 0) is 13.1 Å². The third-order valence-corrected chi connectivity index (χ3v) is 4.16. The quantitative estimate of drug-likeness (QED) is 0.651. The number of para-hydroxylation sites is 1. The lowest BCUT2D eigenvalue weighted by atomic mass is 10.2. The molecule has 2 aromatic carbocycles. The molecule has 138 valence electrons. The molecule has 0 bridgehead atoms. The van der Waals surface area contributed by atoms with E-state index in [9.17, 15) is 4.79 Å². The highest BCUT2D eigenvalue weighted by Crippen LogP contribution is 2.18. The molecule has 2 N–H and O–H groups in total. The molecular weight excluding hydrogens is 364 g/mol. The first kappa shape index (κ1) is 18.7. The largest absolute Gasteiger partial charge is 0.496 e. The van der Waals surface area contributed by atoms with Crippen LogP contribution < -0.4 is 15.4 Å². The molecule has 6 nitrogen and oxygen atoms in total. The number of halogens is 1. The van der Waals surface area contributed by atoms with Gasteiger partial charge < -0.3 is 15.4 Å². The van der Waals surface area contributed by atoms with Crippen LogP contribution in [0.15, 0.2) is 60.9 Å². The second-order valence-electron chi connectivity index (χ2n) is 5.77. The van der Waals surface area contributed by atoms with Crippen LogP contribution in [0.3, 0.4) is 0 Å². The molecule has 0 spiro atoms. The molecule has 0 aliphatic rings. The molecular formula is C20H19ClN4O2. The molecule has 3 rings (SSSR count). The molecule has 0 atom stereocenters. The van der Waals surface area contributed by atoms with E-state index in [1.165, 1.54) is 12.4 Å². The number of nitrogens with zero attached hydrogens (tertiary/aromatic N) is 2. The molecule has 7 heteroatoms. The zero-order chi connectivity index (χ0) is 19.1. The second kappa shape index (κ2) is 9.00. The lowest BCUT2D eigenvalue weighted by molar-refractivity contribution is 0.0950. The van der Waals surface area contributed by atoms with Crippen LogP contribution in [0.4, 0.5) is 5.95 Å². The number of anilines is 1. The molecule has 0 saturated carbocycles. The van der Waals surface area contributed by atoms with E-state index in [-0.39, 0.29) is 5.91 Å². The van der Waals surface area contributed by atoms with Crippen molar-refractivity contribution in [3.63, 3.8) is 0 Å². The number of carbonyl (C=O) groups excluding carboxylic acids is 1. The number of hydrogen-bond acceptors (Lipinski definition) is 5. The van der Waals surface area contributed by atoms with Crippen molar-refractivity contribution in [3.05, 3.63) is 82.6 Å². The summed E-state index contributed by atoms with van der Waals surface area (Å²) in [5.74, 6) is 1.000. The van der Waals surface area contributed by atoms with Crippen molar-refractivity contribution in [3.8, 4) is 5.75 Å². The minimum Gasteiger partial charge on any atom is -0.496 e. The van der Waals surface area contributed by atoms with E-state index in [0.29, 0.717) is 29.6 Å². The maximum absolute atomic E-state index is 12.2. The van der Waals surface area contributed by atoms with Crippen molar-refractivity contribution in [2.45, 2.75) is 13.1 Å². The Hall–Kier alpha value is -3.12. The molecule has 0 aliphatic heterocycles. The molecule has 1 amide bonds. The van der Waals surface area contributed by atoms with Crippen molar-refractivity contribution < 1.29 is 9.53 Å². The summed E-state index contributed by atoms with van der Waals surface area (Å²) in [6.07, 6.45) is 2.99. The zero-order valence-electron chi connectivity index (χ0n) is 14.8. The van der Waals surface area contributed by atoms with Crippen molar-refractivity contribution in [1.29, 1.82) is 0 Å². The molecule has 1 aromatic heterocycles. The van der Waals surface area contributed by atoms with E-state index >= 15 is 0 Å². The zero-order valence-corrected chi connectivity index (χ0v) is 15.5. The van der Waals surface area contributed by atoms with Crippen LogP contribution in [0, 0.1) is 0 Å². The Morgan fingerprint density at radius 3 is 2.44 bits per heavy atom.